The molecular weight excluding hydrogens is 387 g/mol. The molecule has 3 rings (SSSR count). The van der Waals surface area contributed by atoms with Gasteiger partial charge in [-0.3, -0.25) is 4.79 Å². The Morgan fingerprint density at radius 1 is 0.964 bits per heavy atom. The Kier molecular flexibility index (Phi) is 5.85. The number of hydrogen-bond acceptors (Lipinski definition) is 5. The topological polar surface area (TPSA) is 76.2 Å². The van der Waals surface area contributed by atoms with Crippen molar-refractivity contribution in [1.82, 2.24) is 9.21 Å². The second kappa shape index (κ2) is 8.15. The summed E-state index contributed by atoms with van der Waals surface area (Å²) in [7, 11) is -1.02. The van der Waals surface area contributed by atoms with Crippen LogP contribution in [0.25, 0.3) is 0 Å². The first-order chi connectivity index (χ1) is 13.4. The van der Waals surface area contributed by atoms with Gasteiger partial charge in [-0.05, 0) is 24.3 Å². The maximum atomic E-state index is 13.9. The number of para-hydroxylation sites is 1. The van der Waals surface area contributed by atoms with Crippen LogP contribution in [0.15, 0.2) is 47.4 Å². The number of halogens is 1. The molecule has 9 heteroatoms. The van der Waals surface area contributed by atoms with Crippen LogP contribution in [-0.2, 0) is 10.0 Å². The number of piperazine rings is 1. The van der Waals surface area contributed by atoms with E-state index in [0.29, 0.717) is 17.1 Å². The van der Waals surface area contributed by atoms with Crippen LogP contribution in [0, 0.1) is 5.82 Å². The van der Waals surface area contributed by atoms with Crippen LogP contribution in [0.1, 0.15) is 10.4 Å². The first-order valence-corrected chi connectivity index (χ1v) is 10.1. The molecule has 0 spiro atoms. The minimum Gasteiger partial charge on any atom is -0.493 e. The number of sulfonamides is 1. The summed E-state index contributed by atoms with van der Waals surface area (Å²) in [6.45, 7) is 0.531. The lowest BCUT2D eigenvalue weighted by atomic mass is 10.1. The van der Waals surface area contributed by atoms with Gasteiger partial charge < -0.3 is 14.4 Å². The van der Waals surface area contributed by atoms with Gasteiger partial charge in [0.25, 0.3) is 5.91 Å². The van der Waals surface area contributed by atoms with E-state index in [-0.39, 0.29) is 37.0 Å². The second-order valence-electron chi connectivity index (χ2n) is 6.17. The van der Waals surface area contributed by atoms with Gasteiger partial charge in [0.1, 0.15) is 10.7 Å². The van der Waals surface area contributed by atoms with Crippen molar-refractivity contribution in [3.05, 3.63) is 53.8 Å². The lowest BCUT2D eigenvalue weighted by molar-refractivity contribution is 0.0693. The molecule has 0 unspecified atom stereocenters. The van der Waals surface area contributed by atoms with Gasteiger partial charge >= 0.3 is 0 Å². The molecule has 0 saturated carbocycles. The highest BCUT2D eigenvalue weighted by Gasteiger charge is 2.32. The monoisotopic (exact) mass is 408 g/mol. The predicted molar refractivity (Wildman–Crippen MR) is 101 cm³/mol. The van der Waals surface area contributed by atoms with Crippen molar-refractivity contribution in [3.63, 3.8) is 0 Å². The van der Waals surface area contributed by atoms with Crippen LogP contribution in [-0.4, -0.2) is 63.9 Å². The van der Waals surface area contributed by atoms with E-state index in [0.717, 1.165) is 6.07 Å². The van der Waals surface area contributed by atoms with Crippen molar-refractivity contribution < 1.29 is 27.1 Å². The number of methoxy groups -OCH3 is 2. The molecule has 1 aliphatic heterocycles. The van der Waals surface area contributed by atoms with E-state index in [9.17, 15) is 17.6 Å². The molecule has 2 aromatic carbocycles. The van der Waals surface area contributed by atoms with E-state index >= 15 is 0 Å². The summed E-state index contributed by atoms with van der Waals surface area (Å²) >= 11 is 0. The average Bonchev–Trinajstić information content (AvgIpc) is 2.72. The number of carbonyl (C=O) groups excluding carboxylic acids is 1. The molecule has 1 amide bonds. The molecule has 1 fully saturated rings. The average molecular weight is 408 g/mol. The van der Waals surface area contributed by atoms with Gasteiger partial charge in [-0.1, -0.05) is 18.2 Å². The van der Waals surface area contributed by atoms with Gasteiger partial charge in [-0.2, -0.15) is 4.31 Å². The number of amides is 1. The molecule has 0 radical (unpaired) electrons. The molecular formula is C19H21FN2O5S. The van der Waals surface area contributed by atoms with E-state index in [1.54, 1.807) is 23.1 Å². The van der Waals surface area contributed by atoms with E-state index in [2.05, 4.69) is 0 Å². The lowest BCUT2D eigenvalue weighted by Crippen LogP contribution is -2.50. The van der Waals surface area contributed by atoms with E-state index in [1.807, 2.05) is 0 Å². The summed E-state index contributed by atoms with van der Waals surface area (Å²) < 4.78 is 51.0. The van der Waals surface area contributed by atoms with Crippen LogP contribution in [0.2, 0.25) is 0 Å². The Morgan fingerprint density at radius 3 is 2.25 bits per heavy atom. The molecule has 0 N–H and O–H groups in total. The Morgan fingerprint density at radius 2 is 1.64 bits per heavy atom. The standard InChI is InChI=1S/C19H21FN2O5S/c1-26-16-8-5-6-14(18(16)27-2)19(23)21-10-12-22(13-11-21)28(24,25)17-9-4-3-7-15(17)20/h3-9H,10-13H2,1-2H3. The Labute approximate surface area is 163 Å². The maximum absolute atomic E-state index is 13.9. The molecule has 150 valence electrons. The minimum atomic E-state index is -3.95. The molecule has 0 bridgehead atoms. The van der Waals surface area contributed by atoms with Crippen molar-refractivity contribution in [1.29, 1.82) is 0 Å². The van der Waals surface area contributed by atoms with Crippen molar-refractivity contribution in [3.8, 4) is 11.5 Å². The van der Waals surface area contributed by atoms with Crippen molar-refractivity contribution >= 4 is 15.9 Å². The number of ether oxygens (including phenoxy) is 2. The van der Waals surface area contributed by atoms with Gasteiger partial charge in [0, 0.05) is 26.2 Å². The molecule has 0 aliphatic carbocycles. The zero-order valence-corrected chi connectivity index (χ0v) is 16.4. The molecule has 0 aromatic heterocycles. The number of rotatable bonds is 5. The SMILES string of the molecule is COc1cccc(C(=O)N2CCN(S(=O)(=O)c3ccccc3F)CC2)c1OC. The van der Waals surface area contributed by atoms with Crippen molar-refractivity contribution in [2.75, 3.05) is 40.4 Å². The smallest absolute Gasteiger partial charge is 0.257 e. The molecule has 7 nitrogen and oxygen atoms in total. The van der Waals surface area contributed by atoms with Gasteiger partial charge in [0.05, 0.1) is 19.8 Å². The van der Waals surface area contributed by atoms with Crippen LogP contribution >= 0.6 is 0 Å². The third-order valence-corrected chi connectivity index (χ3v) is 6.55. The van der Waals surface area contributed by atoms with Crippen LogP contribution in [0.3, 0.4) is 0 Å². The quantitative estimate of drug-likeness (QED) is 0.756. The highest BCUT2D eigenvalue weighted by Crippen LogP contribution is 2.32. The van der Waals surface area contributed by atoms with E-state index < -0.39 is 15.8 Å². The van der Waals surface area contributed by atoms with Crippen LogP contribution < -0.4 is 9.47 Å². The highest BCUT2D eigenvalue weighted by molar-refractivity contribution is 7.89. The summed E-state index contributed by atoms with van der Waals surface area (Å²) in [4.78, 5) is 14.1. The normalized spacial score (nSPS) is 15.3. The van der Waals surface area contributed by atoms with Gasteiger partial charge in [0.15, 0.2) is 11.5 Å². The Hall–Kier alpha value is -2.65. The van der Waals surface area contributed by atoms with Gasteiger partial charge in [-0.15, -0.1) is 0 Å². The van der Waals surface area contributed by atoms with E-state index in [1.165, 1.54) is 36.7 Å². The Bertz CT molecular complexity index is 972. The maximum Gasteiger partial charge on any atom is 0.257 e. The number of nitrogens with zero attached hydrogens (tertiary/aromatic N) is 2. The summed E-state index contributed by atoms with van der Waals surface area (Å²) in [6, 6.07) is 10.3. The fraction of sp³-hybridized carbons (Fsp3) is 0.316. The summed E-state index contributed by atoms with van der Waals surface area (Å²) in [5, 5.41) is 0. The molecule has 1 aliphatic rings. The van der Waals surface area contributed by atoms with E-state index in [4.69, 9.17) is 9.47 Å². The zero-order chi connectivity index (χ0) is 20.3. The minimum absolute atomic E-state index is 0.0781. The fourth-order valence-electron chi connectivity index (χ4n) is 3.15. The first kappa shape index (κ1) is 20.1. The van der Waals surface area contributed by atoms with Gasteiger partial charge in [-0.25, -0.2) is 12.8 Å². The third kappa shape index (κ3) is 3.67. The van der Waals surface area contributed by atoms with Crippen molar-refractivity contribution in [2.45, 2.75) is 4.90 Å². The lowest BCUT2D eigenvalue weighted by Gasteiger charge is -2.34. The zero-order valence-electron chi connectivity index (χ0n) is 15.6. The fourth-order valence-corrected chi connectivity index (χ4v) is 4.64. The first-order valence-electron chi connectivity index (χ1n) is 8.65. The molecule has 1 heterocycles. The van der Waals surface area contributed by atoms with Gasteiger partial charge in [0.2, 0.25) is 10.0 Å². The number of carbonyl (C=O) groups is 1. The van der Waals surface area contributed by atoms with Crippen LogP contribution in [0.5, 0.6) is 11.5 Å². The predicted octanol–water partition coefficient (Wildman–Crippen LogP) is 1.99. The largest absolute Gasteiger partial charge is 0.493 e. The van der Waals surface area contributed by atoms with Crippen LogP contribution in [0.4, 0.5) is 4.39 Å². The molecule has 0 atom stereocenters. The second-order valence-corrected chi connectivity index (χ2v) is 8.07. The molecule has 28 heavy (non-hydrogen) atoms. The van der Waals surface area contributed by atoms with Crippen molar-refractivity contribution in [2.24, 2.45) is 0 Å². The summed E-state index contributed by atoms with van der Waals surface area (Å²) in [5.74, 6) is -0.300. The number of benzene rings is 2. The molecule has 2 aromatic rings. The number of hydrogen-bond donors (Lipinski definition) is 0. The third-order valence-electron chi connectivity index (χ3n) is 4.61. The summed E-state index contributed by atoms with van der Waals surface area (Å²) in [6.07, 6.45) is 0. The summed E-state index contributed by atoms with van der Waals surface area (Å²) in [5.41, 5.74) is 0.340. The molecule has 1 saturated heterocycles. The highest BCUT2D eigenvalue weighted by atomic mass is 32.2. The Balaban J connectivity index is 1.76.